The Balaban J connectivity index is 1.30. The zero-order valence-corrected chi connectivity index (χ0v) is 19.1. The highest BCUT2D eigenvalue weighted by atomic mass is 32.1. The Morgan fingerprint density at radius 2 is 2.09 bits per heavy atom. The van der Waals surface area contributed by atoms with Crippen molar-refractivity contribution in [3.63, 3.8) is 0 Å². The lowest BCUT2D eigenvalue weighted by molar-refractivity contribution is 0.0675. The number of ether oxygens (including phenoxy) is 1. The summed E-state index contributed by atoms with van der Waals surface area (Å²) in [5, 5.41) is 8.71. The van der Waals surface area contributed by atoms with E-state index in [1.54, 1.807) is 12.3 Å². The number of carbonyl (C=O) groups is 2. The Morgan fingerprint density at radius 3 is 2.88 bits per heavy atom. The first-order chi connectivity index (χ1) is 15.3. The molecule has 2 amide bonds. The lowest BCUT2D eigenvalue weighted by Gasteiger charge is -2.28. The molecule has 0 saturated heterocycles. The molecule has 0 saturated carbocycles. The van der Waals surface area contributed by atoms with E-state index in [0.29, 0.717) is 56.4 Å². The minimum Gasteiger partial charge on any atom is -0.372 e. The average molecular weight is 456 g/mol. The largest absolute Gasteiger partial charge is 0.372 e. The summed E-state index contributed by atoms with van der Waals surface area (Å²) in [5.41, 5.74) is 2.84. The lowest BCUT2D eigenvalue weighted by Crippen LogP contribution is -2.37. The molecule has 1 N–H and O–H groups in total. The molecule has 0 bridgehead atoms. The van der Waals surface area contributed by atoms with Crippen LogP contribution in [-0.4, -0.2) is 44.6 Å². The number of amides is 2. The maximum atomic E-state index is 13.1. The second-order valence-electron chi connectivity index (χ2n) is 9.07. The molecule has 9 nitrogen and oxygen atoms in total. The predicted octanol–water partition coefficient (Wildman–Crippen LogP) is 3.21. The quantitative estimate of drug-likeness (QED) is 0.651. The summed E-state index contributed by atoms with van der Waals surface area (Å²) >= 11 is 1.50. The number of anilines is 1. The summed E-state index contributed by atoms with van der Waals surface area (Å²) in [6.07, 6.45) is 2.26. The second-order valence-corrected chi connectivity index (χ2v) is 10.0. The van der Waals surface area contributed by atoms with Crippen LogP contribution >= 0.6 is 11.3 Å². The van der Waals surface area contributed by atoms with Crippen LogP contribution in [-0.2, 0) is 36.3 Å². The molecule has 0 atom stereocenters. The number of thiophene rings is 1. The van der Waals surface area contributed by atoms with Gasteiger partial charge in [-0.15, -0.1) is 11.3 Å². The zero-order chi connectivity index (χ0) is 22.5. The van der Waals surface area contributed by atoms with Crippen LogP contribution in [0.3, 0.4) is 0 Å². The first-order valence-electron chi connectivity index (χ1n) is 10.6. The number of hydrogen-bond donors (Lipinski definition) is 1. The van der Waals surface area contributed by atoms with Gasteiger partial charge in [0.2, 0.25) is 5.88 Å². The summed E-state index contributed by atoms with van der Waals surface area (Å²) in [7, 11) is 0. The smallest absolute Gasteiger partial charge is 0.272 e. The van der Waals surface area contributed by atoms with Crippen molar-refractivity contribution in [3.8, 4) is 0 Å². The van der Waals surface area contributed by atoms with E-state index in [0.717, 1.165) is 22.0 Å². The minimum absolute atomic E-state index is 0.0351. The van der Waals surface area contributed by atoms with Gasteiger partial charge < -0.3 is 18.7 Å². The first kappa shape index (κ1) is 20.9. The normalized spacial score (nSPS) is 15.9. The van der Waals surface area contributed by atoms with Gasteiger partial charge in [0.15, 0.2) is 0 Å². The summed E-state index contributed by atoms with van der Waals surface area (Å²) in [6, 6.07) is 1.76. The molecule has 10 heteroatoms. The van der Waals surface area contributed by atoms with E-state index >= 15 is 0 Å². The van der Waals surface area contributed by atoms with Gasteiger partial charge >= 0.3 is 0 Å². The van der Waals surface area contributed by atoms with E-state index in [1.165, 1.54) is 11.3 Å². The Hall–Kier alpha value is -2.98. The maximum absolute atomic E-state index is 13.1. The highest BCUT2D eigenvalue weighted by molar-refractivity contribution is 7.10. The molecule has 2 aliphatic rings. The molecule has 168 valence electrons. The Bertz CT molecular complexity index is 1190. The molecule has 5 rings (SSSR count). The Labute approximate surface area is 189 Å². The predicted molar refractivity (Wildman–Crippen MR) is 118 cm³/mol. The van der Waals surface area contributed by atoms with Gasteiger partial charge in [-0.3, -0.25) is 14.9 Å². The van der Waals surface area contributed by atoms with Gasteiger partial charge in [-0.05, 0) is 12.0 Å². The molecule has 0 radical (unpaired) electrons. The van der Waals surface area contributed by atoms with Crippen LogP contribution in [0.2, 0.25) is 0 Å². The zero-order valence-electron chi connectivity index (χ0n) is 18.3. The maximum Gasteiger partial charge on any atom is 0.272 e. The van der Waals surface area contributed by atoms with Crippen molar-refractivity contribution in [2.45, 2.75) is 52.3 Å². The van der Waals surface area contributed by atoms with Gasteiger partial charge in [0.25, 0.3) is 11.8 Å². The fraction of sp³-hybridized carbons (Fsp3) is 0.455. The summed E-state index contributed by atoms with van der Waals surface area (Å²) in [6.45, 7) is 8.79. The van der Waals surface area contributed by atoms with E-state index in [9.17, 15) is 9.59 Å². The summed E-state index contributed by atoms with van der Waals surface area (Å²) in [5.74, 6) is 0.868. The third kappa shape index (κ3) is 3.73. The van der Waals surface area contributed by atoms with Gasteiger partial charge in [0.05, 0.1) is 30.6 Å². The number of rotatable bonds is 3. The van der Waals surface area contributed by atoms with E-state index in [4.69, 9.17) is 9.26 Å². The molecule has 0 aliphatic carbocycles. The molecule has 3 aromatic rings. The molecular formula is C22H25N5O4S. The van der Waals surface area contributed by atoms with Crippen LogP contribution in [0.1, 0.15) is 63.6 Å². The first-order valence-corrected chi connectivity index (χ1v) is 11.5. The monoisotopic (exact) mass is 455 g/mol. The van der Waals surface area contributed by atoms with Gasteiger partial charge in [-0.25, -0.2) is 4.98 Å². The average Bonchev–Trinajstić information content (AvgIpc) is 3.50. The molecule has 0 aromatic carbocycles. The molecule has 0 spiro atoms. The SMILES string of the molecule is CC(C)(C)c1cc(NC(=O)c2csc3c2CCN(C(=O)c2cnc4n2CCOC4)C3)on1. The third-order valence-corrected chi connectivity index (χ3v) is 6.86. The minimum atomic E-state index is -0.219. The number of imidazole rings is 1. The number of nitrogens with one attached hydrogen (secondary N) is 1. The Morgan fingerprint density at radius 1 is 1.25 bits per heavy atom. The standard InChI is InChI=1S/C22H25N5O4S/c1-22(2,3)17-8-19(31-25-17)24-20(28)14-12-32-16-10-26(5-4-13(14)16)21(29)15-9-23-18-11-30-7-6-27(15)18/h8-9,12H,4-7,10-11H2,1-3H3,(H,24,28). The van der Waals surface area contributed by atoms with Gasteiger partial charge in [0.1, 0.15) is 18.1 Å². The number of hydrogen-bond acceptors (Lipinski definition) is 7. The van der Waals surface area contributed by atoms with Crippen molar-refractivity contribution in [1.82, 2.24) is 19.6 Å². The highest BCUT2D eigenvalue weighted by Gasteiger charge is 2.30. The number of fused-ring (bicyclic) bond motifs is 2. The molecule has 0 fully saturated rings. The van der Waals surface area contributed by atoms with Crippen molar-refractivity contribution in [3.05, 3.63) is 50.9 Å². The van der Waals surface area contributed by atoms with Crippen molar-refractivity contribution in [1.29, 1.82) is 0 Å². The van der Waals surface area contributed by atoms with Crippen LogP contribution in [0.4, 0.5) is 5.88 Å². The van der Waals surface area contributed by atoms with Crippen molar-refractivity contribution < 1.29 is 18.8 Å². The van der Waals surface area contributed by atoms with Crippen LogP contribution < -0.4 is 5.32 Å². The topological polar surface area (TPSA) is 102 Å². The van der Waals surface area contributed by atoms with Gasteiger partial charge in [-0.1, -0.05) is 25.9 Å². The second kappa shape index (κ2) is 7.86. The van der Waals surface area contributed by atoms with Crippen molar-refractivity contribution in [2.75, 3.05) is 18.5 Å². The third-order valence-electron chi connectivity index (χ3n) is 5.84. The van der Waals surface area contributed by atoms with E-state index < -0.39 is 0 Å². The Kier molecular flexibility index (Phi) is 5.13. The van der Waals surface area contributed by atoms with Crippen LogP contribution in [0.25, 0.3) is 0 Å². The lowest BCUT2D eigenvalue weighted by atomic mass is 9.92. The van der Waals surface area contributed by atoms with E-state index in [-0.39, 0.29) is 17.2 Å². The van der Waals surface area contributed by atoms with E-state index in [2.05, 4.69) is 15.5 Å². The molecule has 32 heavy (non-hydrogen) atoms. The van der Waals surface area contributed by atoms with Gasteiger partial charge in [0, 0.05) is 34.8 Å². The number of carbonyl (C=O) groups excluding carboxylic acids is 2. The molecule has 3 aromatic heterocycles. The highest BCUT2D eigenvalue weighted by Crippen LogP contribution is 2.31. The fourth-order valence-corrected chi connectivity index (χ4v) is 5.08. The van der Waals surface area contributed by atoms with Crippen LogP contribution in [0.15, 0.2) is 22.2 Å². The fourth-order valence-electron chi connectivity index (χ4n) is 3.99. The van der Waals surface area contributed by atoms with Crippen molar-refractivity contribution in [2.24, 2.45) is 0 Å². The molecule has 5 heterocycles. The van der Waals surface area contributed by atoms with Crippen LogP contribution in [0.5, 0.6) is 0 Å². The number of nitrogens with zero attached hydrogens (tertiary/aromatic N) is 4. The molecular weight excluding hydrogens is 430 g/mol. The number of aromatic nitrogens is 3. The summed E-state index contributed by atoms with van der Waals surface area (Å²) < 4.78 is 12.6. The van der Waals surface area contributed by atoms with Gasteiger partial charge in [-0.2, -0.15) is 0 Å². The molecule has 0 unspecified atom stereocenters. The summed E-state index contributed by atoms with van der Waals surface area (Å²) in [4.78, 5) is 33.2. The van der Waals surface area contributed by atoms with E-state index in [1.807, 2.05) is 35.6 Å². The van der Waals surface area contributed by atoms with Crippen molar-refractivity contribution >= 4 is 29.0 Å². The van der Waals surface area contributed by atoms with Crippen LogP contribution in [0, 0.1) is 0 Å². The molecule has 2 aliphatic heterocycles.